The van der Waals surface area contributed by atoms with E-state index >= 15 is 0 Å². The maximum atomic E-state index is 14.1. The van der Waals surface area contributed by atoms with E-state index < -0.39 is 84.3 Å². The number of cyclic esters (lactones) is 1. The number of aliphatic hydroxyl groups is 3. The van der Waals surface area contributed by atoms with Gasteiger partial charge in [0.15, 0.2) is 12.6 Å². The average Bonchev–Trinajstić information content (AvgIpc) is 3.36. The molecule has 17 atom stereocenters. The molecule has 3 fully saturated rings. The summed E-state index contributed by atoms with van der Waals surface area (Å²) in [6.07, 6.45) is -5.56. The highest BCUT2D eigenvalue weighted by atomic mass is 16.7. The summed E-state index contributed by atoms with van der Waals surface area (Å²) in [5.74, 6) is -1.87. The molecule has 12 heteroatoms. The van der Waals surface area contributed by atoms with Crippen LogP contribution in [0.4, 0.5) is 0 Å². The number of fused-ring (bicyclic) bond motifs is 2. The highest BCUT2D eigenvalue weighted by Gasteiger charge is 2.55. The number of nitrogens with zero attached hydrogens (tertiary/aromatic N) is 1. The van der Waals surface area contributed by atoms with E-state index in [0.717, 1.165) is 5.57 Å². The Hall–Kier alpha value is -1.35. The summed E-state index contributed by atoms with van der Waals surface area (Å²) in [7, 11) is 5.40. The van der Waals surface area contributed by atoms with Crippen LogP contribution in [0.2, 0.25) is 0 Å². The van der Waals surface area contributed by atoms with Gasteiger partial charge < -0.3 is 53.4 Å². The normalized spacial score (nSPS) is 48.8. The largest absolute Gasteiger partial charge is 0.489 e. The van der Waals surface area contributed by atoms with Crippen molar-refractivity contribution >= 4 is 5.97 Å². The van der Waals surface area contributed by atoms with Crippen molar-refractivity contribution in [2.45, 2.75) is 174 Å². The number of carbonyl (C=O) groups excluding carboxylic acids is 1. The zero-order valence-electron chi connectivity index (χ0n) is 32.0. The van der Waals surface area contributed by atoms with E-state index in [-0.39, 0.29) is 30.4 Å². The van der Waals surface area contributed by atoms with E-state index in [4.69, 9.17) is 33.2 Å². The van der Waals surface area contributed by atoms with Crippen molar-refractivity contribution in [3.63, 3.8) is 0 Å². The van der Waals surface area contributed by atoms with Crippen molar-refractivity contribution in [2.75, 3.05) is 21.2 Å². The molecular formula is C37H65NO11. The fraction of sp³-hybridized carbons (Fsp3) is 0.919. The number of methoxy groups -OCH3 is 1. The number of carbonyl (C=O) groups is 1. The Balaban J connectivity index is 1.82. The predicted molar refractivity (Wildman–Crippen MR) is 182 cm³/mol. The second kappa shape index (κ2) is 15.7. The Labute approximate surface area is 293 Å². The molecule has 0 radical (unpaired) electrons. The number of rotatable bonds is 7. The molecule has 4 aliphatic rings. The van der Waals surface area contributed by atoms with Crippen LogP contribution in [0.25, 0.3) is 0 Å². The SMILES string of the molecule is CC[C@@H]1OC(=O)[C@H](C)[C@H](O[C@H]2C[C@@](C)(OC)[C@@H](O)[C@H](C)O2)[C@H](C)[C@@H](O[C@@H]2O[C@H](C)C[C@H](N(C)C)[C@H]2O)[C@]2(C)CC(C)=C(O2)[C@@H](C)[C@@H](O)[C@@H]1C. The standard InChI is InChI=1S/C37H65NO11/c1-14-26-20(4)28(39)21(5)30-18(2)16-37(10,49-30)33(48-35-29(40)25(38(11)12)15-19(3)44-35)22(6)31(23(7)34(42)46-26)47-27-17-36(9,43-13)32(41)24(8)45-27/h19-29,31-33,35,39-41H,14-17H2,1-13H3/t19-,20-,21+,22+,23-,24+,25+,26+,27+,28+,29-,31-,32+,33-,35+,36-,37+/m1/s1. The Morgan fingerprint density at radius 1 is 0.939 bits per heavy atom. The van der Waals surface area contributed by atoms with E-state index in [0.29, 0.717) is 25.0 Å². The molecule has 3 N–H and O–H groups in total. The molecular weight excluding hydrogens is 634 g/mol. The van der Waals surface area contributed by atoms with Gasteiger partial charge in [-0.3, -0.25) is 4.79 Å². The number of hydrogen-bond donors (Lipinski definition) is 3. The summed E-state index contributed by atoms with van der Waals surface area (Å²) < 4.78 is 45.0. The summed E-state index contributed by atoms with van der Waals surface area (Å²) in [6.45, 7) is 19.0. The summed E-state index contributed by atoms with van der Waals surface area (Å²) in [5.41, 5.74) is -0.930. The fourth-order valence-electron chi connectivity index (χ4n) is 8.67. The van der Waals surface area contributed by atoms with E-state index in [9.17, 15) is 20.1 Å². The monoisotopic (exact) mass is 699 g/mol. The first-order valence-electron chi connectivity index (χ1n) is 18.2. The molecule has 0 unspecified atom stereocenters. The van der Waals surface area contributed by atoms with Gasteiger partial charge in [0.1, 0.15) is 35.8 Å². The van der Waals surface area contributed by atoms with Gasteiger partial charge in [0.2, 0.25) is 0 Å². The summed E-state index contributed by atoms with van der Waals surface area (Å²) in [6, 6.07) is -0.203. The third-order valence-electron chi connectivity index (χ3n) is 11.9. The second-order valence-electron chi connectivity index (χ2n) is 16.1. The van der Waals surface area contributed by atoms with Crippen molar-refractivity contribution in [3.8, 4) is 0 Å². The van der Waals surface area contributed by atoms with Gasteiger partial charge in [0, 0.05) is 43.7 Å². The maximum absolute atomic E-state index is 14.1. The van der Waals surface area contributed by atoms with Crippen LogP contribution in [-0.2, 0) is 38.0 Å². The van der Waals surface area contributed by atoms with Crippen LogP contribution in [0.15, 0.2) is 11.3 Å². The summed E-state index contributed by atoms with van der Waals surface area (Å²) in [5, 5.41) is 34.1. The molecule has 284 valence electrons. The topological polar surface area (TPSA) is 146 Å². The van der Waals surface area contributed by atoms with Crippen molar-refractivity contribution in [1.29, 1.82) is 0 Å². The zero-order chi connectivity index (χ0) is 36.7. The Kier molecular flexibility index (Phi) is 13.0. The third kappa shape index (κ3) is 8.18. The molecule has 12 nitrogen and oxygen atoms in total. The van der Waals surface area contributed by atoms with Crippen molar-refractivity contribution in [2.24, 2.45) is 23.7 Å². The van der Waals surface area contributed by atoms with Crippen LogP contribution < -0.4 is 0 Å². The van der Waals surface area contributed by atoms with Crippen LogP contribution in [0.1, 0.15) is 94.9 Å². The van der Waals surface area contributed by atoms with Crippen LogP contribution >= 0.6 is 0 Å². The molecule has 4 aliphatic heterocycles. The van der Waals surface area contributed by atoms with Gasteiger partial charge in [-0.25, -0.2) is 0 Å². The first-order chi connectivity index (χ1) is 22.8. The van der Waals surface area contributed by atoms with Crippen LogP contribution in [-0.4, -0.2) is 126 Å². The number of likely N-dealkylation sites (N-methyl/N-ethyl adjacent to an activating group) is 1. The maximum Gasteiger partial charge on any atom is 0.311 e. The fourth-order valence-corrected chi connectivity index (χ4v) is 8.67. The molecule has 49 heavy (non-hydrogen) atoms. The molecule has 0 aliphatic carbocycles. The lowest BCUT2D eigenvalue weighted by Crippen LogP contribution is -2.60. The van der Waals surface area contributed by atoms with Crippen LogP contribution in [0, 0.1) is 23.7 Å². The van der Waals surface area contributed by atoms with E-state index in [1.807, 2.05) is 74.4 Å². The lowest BCUT2D eigenvalue weighted by Gasteiger charge is -2.48. The van der Waals surface area contributed by atoms with Crippen LogP contribution in [0.5, 0.6) is 0 Å². The van der Waals surface area contributed by atoms with Gasteiger partial charge in [-0.2, -0.15) is 0 Å². The predicted octanol–water partition coefficient (Wildman–Crippen LogP) is 3.78. The number of aliphatic hydroxyl groups excluding tert-OH is 3. The molecule has 2 bridgehead atoms. The summed E-state index contributed by atoms with van der Waals surface area (Å²) >= 11 is 0. The van der Waals surface area contributed by atoms with Gasteiger partial charge in [-0.15, -0.1) is 0 Å². The Morgan fingerprint density at radius 3 is 2.18 bits per heavy atom. The number of hydrogen-bond acceptors (Lipinski definition) is 12. The van der Waals surface area contributed by atoms with Crippen LogP contribution in [0.3, 0.4) is 0 Å². The quantitative estimate of drug-likeness (QED) is 0.333. The average molecular weight is 700 g/mol. The minimum absolute atomic E-state index is 0.183. The number of esters is 1. The van der Waals surface area contributed by atoms with Crippen molar-refractivity contribution in [1.82, 2.24) is 4.90 Å². The lowest BCUT2D eigenvalue weighted by molar-refractivity contribution is -0.316. The van der Waals surface area contributed by atoms with Gasteiger partial charge in [-0.05, 0) is 74.1 Å². The third-order valence-corrected chi connectivity index (χ3v) is 11.9. The van der Waals surface area contributed by atoms with Crippen molar-refractivity contribution in [3.05, 3.63) is 11.3 Å². The molecule has 4 rings (SSSR count). The molecule has 0 saturated carbocycles. The van der Waals surface area contributed by atoms with Gasteiger partial charge in [0.05, 0.1) is 35.9 Å². The second-order valence-corrected chi connectivity index (χ2v) is 16.1. The van der Waals surface area contributed by atoms with Crippen molar-refractivity contribution < 1.29 is 53.3 Å². The van der Waals surface area contributed by atoms with E-state index in [2.05, 4.69) is 0 Å². The minimum Gasteiger partial charge on any atom is -0.489 e. The first kappa shape index (κ1) is 40.4. The lowest BCUT2D eigenvalue weighted by atomic mass is 9.79. The minimum atomic E-state index is -0.989. The molecule has 0 spiro atoms. The van der Waals surface area contributed by atoms with Gasteiger partial charge in [-0.1, -0.05) is 27.7 Å². The molecule has 0 aromatic rings. The Bertz CT molecular complexity index is 1170. The van der Waals surface area contributed by atoms with E-state index in [1.54, 1.807) is 21.0 Å². The zero-order valence-corrected chi connectivity index (χ0v) is 32.0. The highest BCUT2D eigenvalue weighted by Crippen LogP contribution is 2.47. The van der Waals surface area contributed by atoms with Gasteiger partial charge >= 0.3 is 5.97 Å². The molecule has 0 aromatic heterocycles. The number of ether oxygens (including phenoxy) is 7. The first-order valence-corrected chi connectivity index (χ1v) is 18.2. The smallest absolute Gasteiger partial charge is 0.311 e. The summed E-state index contributed by atoms with van der Waals surface area (Å²) in [4.78, 5) is 16.1. The van der Waals surface area contributed by atoms with Gasteiger partial charge in [0.25, 0.3) is 0 Å². The molecule has 4 heterocycles. The van der Waals surface area contributed by atoms with E-state index in [1.165, 1.54) is 0 Å². The molecule has 3 saturated heterocycles. The molecule has 0 aromatic carbocycles. The molecule has 0 amide bonds. The Morgan fingerprint density at radius 2 is 1.59 bits per heavy atom. The highest BCUT2D eigenvalue weighted by molar-refractivity contribution is 5.73.